The van der Waals surface area contributed by atoms with Crippen molar-refractivity contribution in [1.29, 1.82) is 0 Å². The zero-order valence-electron chi connectivity index (χ0n) is 11.9. The van der Waals surface area contributed by atoms with Crippen LogP contribution in [-0.4, -0.2) is 18.1 Å². The monoisotopic (exact) mass is 279 g/mol. The summed E-state index contributed by atoms with van der Waals surface area (Å²) in [5.74, 6) is -0.377. The average molecular weight is 279 g/mol. The highest BCUT2D eigenvalue weighted by molar-refractivity contribution is 5.72. The first-order chi connectivity index (χ1) is 9.54. The van der Waals surface area contributed by atoms with Crippen LogP contribution < -0.4 is 5.73 Å². The van der Waals surface area contributed by atoms with Gasteiger partial charge in [-0.05, 0) is 50.7 Å². The molecule has 0 heterocycles. The van der Waals surface area contributed by atoms with E-state index < -0.39 is 5.54 Å². The van der Waals surface area contributed by atoms with Gasteiger partial charge in [-0.3, -0.25) is 4.79 Å². The van der Waals surface area contributed by atoms with Crippen molar-refractivity contribution in [3.63, 3.8) is 0 Å². The highest BCUT2D eigenvalue weighted by atomic mass is 19.1. The first-order valence-electron chi connectivity index (χ1n) is 7.23. The maximum Gasteiger partial charge on any atom is 0.308 e. The van der Waals surface area contributed by atoms with Crippen molar-refractivity contribution in [2.75, 3.05) is 6.61 Å². The van der Waals surface area contributed by atoms with Gasteiger partial charge in [0.1, 0.15) is 5.82 Å². The molecule has 0 bridgehead atoms. The molecule has 20 heavy (non-hydrogen) atoms. The SMILES string of the molecule is CCOC(=O)C1CCC(N)(Cc2ccccc2F)CC1. The number of halogens is 1. The van der Waals surface area contributed by atoms with Crippen molar-refractivity contribution < 1.29 is 13.9 Å². The van der Waals surface area contributed by atoms with E-state index in [0.717, 1.165) is 25.7 Å². The summed E-state index contributed by atoms with van der Waals surface area (Å²) >= 11 is 0. The first kappa shape index (κ1) is 15.0. The summed E-state index contributed by atoms with van der Waals surface area (Å²) in [4.78, 5) is 11.7. The van der Waals surface area contributed by atoms with Crippen LogP contribution in [0.5, 0.6) is 0 Å². The smallest absolute Gasteiger partial charge is 0.308 e. The largest absolute Gasteiger partial charge is 0.466 e. The molecule has 0 spiro atoms. The zero-order chi connectivity index (χ0) is 14.6. The van der Waals surface area contributed by atoms with Gasteiger partial charge < -0.3 is 10.5 Å². The molecule has 0 aliphatic heterocycles. The summed E-state index contributed by atoms with van der Waals surface area (Å²) in [6.07, 6.45) is 3.43. The molecule has 0 atom stereocenters. The van der Waals surface area contributed by atoms with E-state index in [-0.39, 0.29) is 17.7 Å². The number of hydrogen-bond donors (Lipinski definition) is 1. The van der Waals surface area contributed by atoms with Gasteiger partial charge in [0.2, 0.25) is 0 Å². The van der Waals surface area contributed by atoms with E-state index in [1.807, 2.05) is 13.0 Å². The lowest BCUT2D eigenvalue weighted by Gasteiger charge is -2.36. The summed E-state index contributed by atoms with van der Waals surface area (Å²) in [6.45, 7) is 2.23. The molecule has 1 aromatic carbocycles. The number of hydrogen-bond acceptors (Lipinski definition) is 3. The fourth-order valence-electron chi connectivity index (χ4n) is 2.89. The van der Waals surface area contributed by atoms with Crippen LogP contribution in [0, 0.1) is 11.7 Å². The van der Waals surface area contributed by atoms with Crippen LogP contribution >= 0.6 is 0 Å². The summed E-state index contributed by atoms with van der Waals surface area (Å²) < 4.78 is 18.7. The molecule has 1 fully saturated rings. The highest BCUT2D eigenvalue weighted by Crippen LogP contribution is 2.33. The van der Waals surface area contributed by atoms with Crippen LogP contribution in [0.25, 0.3) is 0 Å². The molecule has 0 radical (unpaired) electrons. The van der Waals surface area contributed by atoms with E-state index in [1.54, 1.807) is 12.1 Å². The highest BCUT2D eigenvalue weighted by Gasteiger charge is 2.35. The predicted molar refractivity (Wildman–Crippen MR) is 75.6 cm³/mol. The van der Waals surface area contributed by atoms with Gasteiger partial charge >= 0.3 is 5.97 Å². The minimum Gasteiger partial charge on any atom is -0.466 e. The van der Waals surface area contributed by atoms with Crippen molar-refractivity contribution in [3.8, 4) is 0 Å². The van der Waals surface area contributed by atoms with Crippen molar-refractivity contribution in [3.05, 3.63) is 35.6 Å². The van der Waals surface area contributed by atoms with Crippen molar-refractivity contribution in [1.82, 2.24) is 0 Å². The van der Waals surface area contributed by atoms with Crippen molar-refractivity contribution in [2.45, 2.75) is 44.6 Å². The molecule has 3 nitrogen and oxygen atoms in total. The third-order valence-electron chi connectivity index (χ3n) is 4.10. The minimum atomic E-state index is -0.412. The van der Waals surface area contributed by atoms with Crippen molar-refractivity contribution >= 4 is 5.97 Å². The molecule has 2 N–H and O–H groups in total. The molecule has 0 saturated heterocycles. The van der Waals surface area contributed by atoms with Gasteiger partial charge in [-0.15, -0.1) is 0 Å². The summed E-state index contributed by atoms with van der Waals surface area (Å²) in [6, 6.07) is 6.75. The Bertz CT molecular complexity index is 467. The van der Waals surface area contributed by atoms with Gasteiger partial charge in [0.25, 0.3) is 0 Å². The van der Waals surface area contributed by atoms with Gasteiger partial charge in [-0.2, -0.15) is 0 Å². The lowest BCUT2D eigenvalue weighted by molar-refractivity contribution is -0.149. The molecular formula is C16H22FNO2. The minimum absolute atomic E-state index is 0.0488. The van der Waals surface area contributed by atoms with Crippen LogP contribution in [0.15, 0.2) is 24.3 Å². The number of rotatable bonds is 4. The Labute approximate surface area is 119 Å². The van der Waals surface area contributed by atoms with E-state index in [2.05, 4.69) is 0 Å². The summed E-state index contributed by atoms with van der Waals surface area (Å²) in [5.41, 5.74) is 6.62. The van der Waals surface area contributed by atoms with E-state index in [0.29, 0.717) is 18.6 Å². The molecule has 1 saturated carbocycles. The Hall–Kier alpha value is -1.42. The molecule has 1 aromatic rings. The molecule has 1 aliphatic rings. The molecule has 1 aliphatic carbocycles. The fourth-order valence-corrected chi connectivity index (χ4v) is 2.89. The van der Waals surface area contributed by atoms with E-state index in [9.17, 15) is 9.18 Å². The van der Waals surface area contributed by atoms with Crippen LogP contribution in [0.3, 0.4) is 0 Å². The normalized spacial score (nSPS) is 26.2. The molecule has 0 unspecified atom stereocenters. The maximum absolute atomic E-state index is 13.7. The Morgan fingerprint density at radius 3 is 2.65 bits per heavy atom. The number of esters is 1. The molecule has 2 rings (SSSR count). The molecular weight excluding hydrogens is 257 g/mol. The van der Waals surface area contributed by atoms with Gasteiger partial charge in [0, 0.05) is 5.54 Å². The van der Waals surface area contributed by atoms with Crippen LogP contribution in [-0.2, 0) is 16.0 Å². The number of benzene rings is 1. The summed E-state index contributed by atoms with van der Waals surface area (Å²) in [5, 5.41) is 0. The van der Waals surface area contributed by atoms with Gasteiger partial charge in [0.05, 0.1) is 12.5 Å². The first-order valence-corrected chi connectivity index (χ1v) is 7.23. The van der Waals surface area contributed by atoms with Gasteiger partial charge in [-0.1, -0.05) is 18.2 Å². The van der Waals surface area contributed by atoms with E-state index in [4.69, 9.17) is 10.5 Å². The topological polar surface area (TPSA) is 52.3 Å². The Morgan fingerprint density at radius 2 is 2.05 bits per heavy atom. The second-order valence-electron chi connectivity index (χ2n) is 5.66. The van der Waals surface area contributed by atoms with Crippen LogP contribution in [0.4, 0.5) is 4.39 Å². The average Bonchev–Trinajstić information content (AvgIpc) is 2.42. The quantitative estimate of drug-likeness (QED) is 0.862. The van der Waals surface area contributed by atoms with Gasteiger partial charge in [0.15, 0.2) is 0 Å². The van der Waals surface area contributed by atoms with Crippen molar-refractivity contribution in [2.24, 2.45) is 11.7 Å². The summed E-state index contributed by atoms with van der Waals surface area (Å²) in [7, 11) is 0. The molecule has 0 aromatic heterocycles. The lowest BCUT2D eigenvalue weighted by Crippen LogP contribution is -2.46. The molecule has 4 heteroatoms. The number of nitrogens with two attached hydrogens (primary N) is 1. The third-order valence-corrected chi connectivity index (χ3v) is 4.10. The number of ether oxygens (including phenoxy) is 1. The Balaban J connectivity index is 1.95. The number of carbonyl (C=O) groups is 1. The Morgan fingerprint density at radius 1 is 1.40 bits per heavy atom. The van der Waals surface area contributed by atoms with Crippen LogP contribution in [0.2, 0.25) is 0 Å². The van der Waals surface area contributed by atoms with Gasteiger partial charge in [-0.25, -0.2) is 4.39 Å². The fraction of sp³-hybridized carbons (Fsp3) is 0.562. The van der Waals surface area contributed by atoms with E-state index in [1.165, 1.54) is 6.07 Å². The number of carbonyl (C=O) groups excluding carboxylic acids is 1. The third kappa shape index (κ3) is 3.57. The standard InChI is InChI=1S/C16H22FNO2/c1-2-20-15(19)12-7-9-16(18,10-8-12)11-13-5-3-4-6-14(13)17/h3-6,12H,2,7-11,18H2,1H3. The molecule has 110 valence electrons. The second kappa shape index (κ2) is 6.35. The van der Waals surface area contributed by atoms with E-state index >= 15 is 0 Å². The second-order valence-corrected chi connectivity index (χ2v) is 5.66. The predicted octanol–water partition coefficient (Wildman–Crippen LogP) is 2.82. The lowest BCUT2D eigenvalue weighted by atomic mass is 9.74. The molecule has 0 amide bonds. The maximum atomic E-state index is 13.7. The zero-order valence-corrected chi connectivity index (χ0v) is 11.9. The Kier molecular flexibility index (Phi) is 4.76. The van der Waals surface area contributed by atoms with Crippen LogP contribution in [0.1, 0.15) is 38.2 Å².